The molecule has 10 nitrogen and oxygen atoms in total. The fraction of sp³-hybridized carbons (Fsp3) is 0.233. The van der Waals surface area contributed by atoms with E-state index >= 15 is 0 Å². The zero-order chi connectivity index (χ0) is 27.6. The molecule has 0 bridgehead atoms. The Bertz CT molecular complexity index is 1840. The number of aromatic nitrogens is 5. The van der Waals surface area contributed by atoms with E-state index in [1.54, 1.807) is 36.0 Å². The number of hydrogen-bond acceptors (Lipinski definition) is 7. The molecule has 0 spiro atoms. The van der Waals surface area contributed by atoms with Crippen LogP contribution >= 0.6 is 0 Å². The minimum absolute atomic E-state index is 0.0623. The lowest BCUT2D eigenvalue weighted by molar-refractivity contribution is 0.0940. The van der Waals surface area contributed by atoms with Crippen molar-refractivity contribution < 1.29 is 4.79 Å². The van der Waals surface area contributed by atoms with Crippen LogP contribution in [-0.4, -0.2) is 43.1 Å². The van der Waals surface area contributed by atoms with Gasteiger partial charge in [0.05, 0.1) is 22.6 Å². The highest BCUT2D eigenvalue weighted by Gasteiger charge is 2.25. The van der Waals surface area contributed by atoms with Crippen LogP contribution in [0.1, 0.15) is 47.6 Å². The second-order valence-electron chi connectivity index (χ2n) is 9.78. The van der Waals surface area contributed by atoms with Gasteiger partial charge in [-0.15, -0.1) is 5.10 Å². The Morgan fingerprint density at radius 1 is 1.12 bits per heavy atom. The van der Waals surface area contributed by atoms with Crippen LogP contribution in [0, 0.1) is 17.8 Å². The summed E-state index contributed by atoms with van der Waals surface area (Å²) >= 11 is 0. The van der Waals surface area contributed by atoms with E-state index in [0.717, 1.165) is 25.9 Å². The van der Waals surface area contributed by atoms with Gasteiger partial charge in [-0.3, -0.25) is 14.2 Å². The topological polar surface area (TPSA) is 132 Å². The number of rotatable bonds is 4. The number of nitrogens with zero attached hydrogens (tertiary/aromatic N) is 5. The molecule has 0 saturated carbocycles. The molecule has 1 amide bonds. The molecule has 5 aromatic rings. The number of anilines is 1. The normalized spacial score (nSPS) is 14.5. The number of amides is 1. The zero-order valence-corrected chi connectivity index (χ0v) is 22.0. The zero-order valence-electron chi connectivity index (χ0n) is 22.0. The number of carbonyl (C=O) groups excluding carboxylic acids is 1. The number of piperidine rings is 1. The summed E-state index contributed by atoms with van der Waals surface area (Å²) in [5.74, 6) is 6.90. The quantitative estimate of drug-likeness (QED) is 0.303. The standard InChI is InChI=1S/C30H28N8O2/c1-19(34-29(39)25-26(31)36-37-18-6-15-33-28(25)37)27-35-23-10-5-7-21(12-11-20-13-16-32-17-14-20)24(23)30(40)38(27)22-8-3-2-4-9-22/h2-10,15,18-20,32H,13-14,16-17H2,1H3,(H2,31,36)(H,34,39)/t19-/m0/s1. The van der Waals surface area contributed by atoms with E-state index in [4.69, 9.17) is 10.7 Å². The Labute approximate surface area is 230 Å². The molecule has 1 fully saturated rings. The van der Waals surface area contributed by atoms with Gasteiger partial charge >= 0.3 is 0 Å². The van der Waals surface area contributed by atoms with Crippen molar-refractivity contribution in [2.24, 2.45) is 5.92 Å². The van der Waals surface area contributed by atoms with Gasteiger partial charge in [-0.2, -0.15) is 0 Å². The Kier molecular flexibility index (Phi) is 6.72. The fourth-order valence-electron chi connectivity index (χ4n) is 5.07. The Hall–Kier alpha value is -5.01. The van der Waals surface area contributed by atoms with Crippen molar-refractivity contribution >= 4 is 28.3 Å². The molecule has 1 saturated heterocycles. The fourth-order valence-corrected chi connectivity index (χ4v) is 5.07. The first-order valence-electron chi connectivity index (χ1n) is 13.2. The van der Waals surface area contributed by atoms with Gasteiger partial charge in [0.15, 0.2) is 11.5 Å². The Morgan fingerprint density at radius 3 is 2.73 bits per heavy atom. The number of benzene rings is 2. The van der Waals surface area contributed by atoms with E-state index in [2.05, 4.69) is 32.6 Å². The molecule has 10 heteroatoms. The van der Waals surface area contributed by atoms with Crippen molar-refractivity contribution in [1.29, 1.82) is 0 Å². The van der Waals surface area contributed by atoms with Crippen molar-refractivity contribution in [2.75, 3.05) is 18.8 Å². The van der Waals surface area contributed by atoms with E-state index < -0.39 is 11.9 Å². The van der Waals surface area contributed by atoms with E-state index in [9.17, 15) is 9.59 Å². The average Bonchev–Trinajstić information content (AvgIpc) is 3.32. The minimum Gasteiger partial charge on any atom is -0.381 e. The van der Waals surface area contributed by atoms with Crippen LogP contribution in [-0.2, 0) is 0 Å². The first-order valence-corrected chi connectivity index (χ1v) is 13.2. The number of para-hydroxylation sites is 1. The number of hydrogen-bond donors (Lipinski definition) is 3. The van der Waals surface area contributed by atoms with E-state index in [1.807, 2.05) is 42.5 Å². The first-order chi connectivity index (χ1) is 19.5. The summed E-state index contributed by atoms with van der Waals surface area (Å²) in [7, 11) is 0. The van der Waals surface area contributed by atoms with Crippen molar-refractivity contribution in [3.63, 3.8) is 0 Å². The van der Waals surface area contributed by atoms with Gasteiger partial charge in [0.2, 0.25) is 0 Å². The van der Waals surface area contributed by atoms with Crippen LogP contribution < -0.4 is 21.9 Å². The number of nitrogens with one attached hydrogen (secondary N) is 2. The summed E-state index contributed by atoms with van der Waals surface area (Å²) in [6.45, 7) is 3.67. The first kappa shape index (κ1) is 25.3. The molecule has 200 valence electrons. The number of fused-ring (bicyclic) bond motifs is 2. The second-order valence-corrected chi connectivity index (χ2v) is 9.78. The van der Waals surface area contributed by atoms with E-state index in [-0.39, 0.29) is 22.9 Å². The summed E-state index contributed by atoms with van der Waals surface area (Å²) in [6.07, 6.45) is 5.21. The molecule has 0 aliphatic carbocycles. The van der Waals surface area contributed by atoms with Crippen LogP contribution in [0.5, 0.6) is 0 Å². The smallest absolute Gasteiger partial charge is 0.267 e. The number of nitrogen functional groups attached to an aromatic ring is 1. The lowest BCUT2D eigenvalue weighted by Crippen LogP contribution is -2.33. The van der Waals surface area contributed by atoms with Crippen LogP contribution in [0.2, 0.25) is 0 Å². The third-order valence-electron chi connectivity index (χ3n) is 7.07. The molecular weight excluding hydrogens is 504 g/mol. The van der Waals surface area contributed by atoms with E-state index in [1.165, 1.54) is 4.52 Å². The average molecular weight is 533 g/mol. The molecular formula is C30H28N8O2. The summed E-state index contributed by atoms with van der Waals surface area (Å²) in [6, 6.07) is 15.8. The van der Waals surface area contributed by atoms with E-state index in [0.29, 0.717) is 33.6 Å². The molecule has 0 radical (unpaired) electrons. The van der Waals surface area contributed by atoms with Crippen LogP contribution in [0.3, 0.4) is 0 Å². The van der Waals surface area contributed by atoms with Gasteiger partial charge in [0.25, 0.3) is 11.5 Å². The largest absolute Gasteiger partial charge is 0.381 e. The van der Waals surface area contributed by atoms with Gasteiger partial charge in [0.1, 0.15) is 11.4 Å². The molecule has 1 atom stereocenters. The maximum atomic E-state index is 14.2. The van der Waals surface area contributed by atoms with Crippen molar-refractivity contribution in [3.8, 4) is 17.5 Å². The van der Waals surface area contributed by atoms with Crippen LogP contribution in [0.15, 0.2) is 71.8 Å². The Morgan fingerprint density at radius 2 is 1.93 bits per heavy atom. The summed E-state index contributed by atoms with van der Waals surface area (Å²) < 4.78 is 3.00. The predicted molar refractivity (Wildman–Crippen MR) is 153 cm³/mol. The number of nitrogens with two attached hydrogens (primary N) is 1. The highest BCUT2D eigenvalue weighted by atomic mass is 16.2. The monoisotopic (exact) mass is 532 g/mol. The van der Waals surface area contributed by atoms with Gasteiger partial charge in [0, 0.05) is 23.9 Å². The van der Waals surface area contributed by atoms with Crippen LogP contribution in [0.25, 0.3) is 22.2 Å². The van der Waals surface area contributed by atoms with Gasteiger partial charge in [-0.1, -0.05) is 36.1 Å². The SMILES string of the molecule is C[C@H](NC(=O)c1c(N)nn2cccnc12)c1nc2cccc(C#CC3CCNCC3)c2c(=O)n1-c1ccccc1. The molecule has 0 unspecified atom stereocenters. The summed E-state index contributed by atoms with van der Waals surface area (Å²) in [5.41, 5.74) is 8.12. The maximum absolute atomic E-state index is 14.2. The van der Waals surface area contributed by atoms with Crippen molar-refractivity contribution in [1.82, 2.24) is 34.8 Å². The van der Waals surface area contributed by atoms with Gasteiger partial charge < -0.3 is 16.4 Å². The molecule has 6 rings (SSSR count). The highest BCUT2D eigenvalue weighted by molar-refractivity contribution is 6.04. The van der Waals surface area contributed by atoms with Crippen molar-refractivity contribution in [2.45, 2.75) is 25.8 Å². The third-order valence-corrected chi connectivity index (χ3v) is 7.07. The Balaban J connectivity index is 1.45. The van der Waals surface area contributed by atoms with Crippen molar-refractivity contribution in [3.05, 3.63) is 94.3 Å². The minimum atomic E-state index is -0.660. The molecule has 1 aliphatic heterocycles. The molecule has 2 aromatic carbocycles. The lowest BCUT2D eigenvalue weighted by atomic mass is 9.98. The van der Waals surface area contributed by atoms with Gasteiger partial charge in [-0.05, 0) is 63.2 Å². The summed E-state index contributed by atoms with van der Waals surface area (Å²) in [5, 5.41) is 10.9. The molecule has 4 heterocycles. The second kappa shape index (κ2) is 10.6. The maximum Gasteiger partial charge on any atom is 0.267 e. The van der Waals surface area contributed by atoms with Gasteiger partial charge in [-0.25, -0.2) is 14.5 Å². The highest BCUT2D eigenvalue weighted by Crippen LogP contribution is 2.22. The lowest BCUT2D eigenvalue weighted by Gasteiger charge is -2.20. The van der Waals surface area contributed by atoms with Crippen LogP contribution in [0.4, 0.5) is 5.82 Å². The summed E-state index contributed by atoms with van der Waals surface area (Å²) in [4.78, 5) is 36.7. The molecule has 4 N–H and O–H groups in total. The molecule has 1 aliphatic rings. The number of carbonyl (C=O) groups is 1. The molecule has 3 aromatic heterocycles. The third kappa shape index (κ3) is 4.67. The molecule has 40 heavy (non-hydrogen) atoms. The predicted octanol–water partition coefficient (Wildman–Crippen LogP) is 2.85.